The van der Waals surface area contributed by atoms with E-state index in [1.54, 1.807) is 0 Å². The predicted octanol–water partition coefficient (Wildman–Crippen LogP) is 1.17. The summed E-state index contributed by atoms with van der Waals surface area (Å²) in [5.74, 6) is -1.12. The van der Waals surface area contributed by atoms with Gasteiger partial charge in [-0.25, -0.2) is 0 Å². The number of benzene rings is 1. The summed E-state index contributed by atoms with van der Waals surface area (Å²) in [7, 11) is 0. The first kappa shape index (κ1) is 11.7. The molecule has 0 radical (unpaired) electrons. The minimum Gasteiger partial charge on any atom is -0.507 e. The van der Waals surface area contributed by atoms with E-state index in [0.29, 0.717) is 13.0 Å². The van der Waals surface area contributed by atoms with Crippen LogP contribution in [0.5, 0.6) is 11.5 Å². The Morgan fingerprint density at radius 3 is 2.59 bits per heavy atom. The Bertz CT molecular complexity index is 500. The van der Waals surface area contributed by atoms with E-state index in [0.717, 1.165) is 6.07 Å². The lowest BCUT2D eigenvalue weighted by Crippen LogP contribution is -2.28. The molecule has 2 N–H and O–H groups in total. The third-order valence-corrected chi connectivity index (χ3v) is 2.91. The number of halogens is 1. The fourth-order valence-corrected chi connectivity index (χ4v) is 1.86. The standard InChI is InChI=1S/C11H10ClNO4/c12-8-3-7(9(15)4-10(8)16)11(17)13-2-1-6(14)5-13/h3-4,15-16H,1-2,5H2. The summed E-state index contributed by atoms with van der Waals surface area (Å²) in [4.78, 5) is 24.4. The van der Waals surface area contributed by atoms with Crippen molar-refractivity contribution < 1.29 is 19.8 Å². The van der Waals surface area contributed by atoms with Gasteiger partial charge in [0.05, 0.1) is 17.1 Å². The minimum atomic E-state index is -0.463. The number of rotatable bonds is 1. The van der Waals surface area contributed by atoms with Crippen LogP contribution in [0.2, 0.25) is 5.02 Å². The van der Waals surface area contributed by atoms with Crippen molar-refractivity contribution in [2.75, 3.05) is 13.1 Å². The summed E-state index contributed by atoms with van der Waals surface area (Å²) in [6, 6.07) is 2.20. The van der Waals surface area contributed by atoms with Gasteiger partial charge in [-0.2, -0.15) is 0 Å². The average molecular weight is 256 g/mol. The quantitative estimate of drug-likeness (QED) is 0.790. The van der Waals surface area contributed by atoms with Crippen LogP contribution in [0.25, 0.3) is 0 Å². The van der Waals surface area contributed by atoms with Gasteiger partial charge in [-0.05, 0) is 6.07 Å². The highest BCUT2D eigenvalue weighted by Gasteiger charge is 2.27. The van der Waals surface area contributed by atoms with Crippen LogP contribution >= 0.6 is 11.6 Å². The minimum absolute atomic E-state index is 0.0114. The van der Waals surface area contributed by atoms with E-state index in [1.807, 2.05) is 0 Å². The molecular weight excluding hydrogens is 246 g/mol. The zero-order valence-electron chi connectivity index (χ0n) is 8.81. The van der Waals surface area contributed by atoms with E-state index < -0.39 is 5.91 Å². The summed E-state index contributed by atoms with van der Waals surface area (Å²) in [6.07, 6.45) is 0.332. The summed E-state index contributed by atoms with van der Waals surface area (Å²) in [5, 5.41) is 18.8. The van der Waals surface area contributed by atoms with Gasteiger partial charge < -0.3 is 15.1 Å². The molecule has 0 bridgehead atoms. The van der Waals surface area contributed by atoms with Crippen LogP contribution in [0, 0.1) is 0 Å². The molecule has 1 aliphatic heterocycles. The van der Waals surface area contributed by atoms with Gasteiger partial charge in [-0.3, -0.25) is 9.59 Å². The van der Waals surface area contributed by atoms with Gasteiger partial charge in [-0.1, -0.05) is 11.6 Å². The molecule has 6 heteroatoms. The molecule has 0 spiro atoms. The molecule has 1 aromatic rings. The second-order valence-corrected chi connectivity index (χ2v) is 4.24. The molecule has 0 aliphatic carbocycles. The fourth-order valence-electron chi connectivity index (χ4n) is 1.70. The topological polar surface area (TPSA) is 77.8 Å². The van der Waals surface area contributed by atoms with Crippen molar-refractivity contribution in [1.82, 2.24) is 4.90 Å². The number of amides is 1. The molecule has 1 fully saturated rings. The number of hydrogen-bond acceptors (Lipinski definition) is 4. The maximum atomic E-state index is 12.0. The molecule has 5 nitrogen and oxygen atoms in total. The van der Waals surface area contributed by atoms with Crippen molar-refractivity contribution in [3.05, 3.63) is 22.7 Å². The number of nitrogens with zero attached hydrogens (tertiary/aromatic N) is 1. The fraction of sp³-hybridized carbons (Fsp3) is 0.273. The third-order valence-electron chi connectivity index (χ3n) is 2.61. The van der Waals surface area contributed by atoms with Gasteiger partial charge in [0, 0.05) is 19.0 Å². The smallest absolute Gasteiger partial charge is 0.258 e. The number of aromatic hydroxyl groups is 2. The molecule has 1 aliphatic rings. The van der Waals surface area contributed by atoms with Crippen LogP contribution in [0.3, 0.4) is 0 Å². The number of carbonyl (C=O) groups is 2. The van der Waals surface area contributed by atoms with Gasteiger partial charge in [-0.15, -0.1) is 0 Å². The highest BCUT2D eigenvalue weighted by atomic mass is 35.5. The highest BCUT2D eigenvalue weighted by molar-refractivity contribution is 6.32. The van der Waals surface area contributed by atoms with E-state index in [1.165, 1.54) is 11.0 Å². The van der Waals surface area contributed by atoms with Crippen molar-refractivity contribution >= 4 is 23.3 Å². The Morgan fingerprint density at radius 1 is 1.29 bits per heavy atom. The van der Waals surface area contributed by atoms with Crippen molar-refractivity contribution in [2.24, 2.45) is 0 Å². The summed E-state index contributed by atoms with van der Waals surface area (Å²) in [6.45, 7) is 0.395. The Kier molecular flexibility index (Phi) is 2.93. The van der Waals surface area contributed by atoms with Crippen molar-refractivity contribution in [2.45, 2.75) is 6.42 Å². The zero-order chi connectivity index (χ0) is 12.6. The van der Waals surface area contributed by atoms with Crippen LogP contribution in [-0.4, -0.2) is 39.9 Å². The summed E-state index contributed by atoms with van der Waals surface area (Å²) in [5.41, 5.74) is -0.0116. The average Bonchev–Trinajstić information content (AvgIpc) is 2.69. The highest BCUT2D eigenvalue weighted by Crippen LogP contribution is 2.31. The molecule has 0 aromatic heterocycles. The Balaban J connectivity index is 2.31. The number of phenols is 2. The van der Waals surface area contributed by atoms with E-state index in [9.17, 15) is 19.8 Å². The summed E-state index contributed by atoms with van der Waals surface area (Å²) < 4.78 is 0. The lowest BCUT2D eigenvalue weighted by molar-refractivity contribution is -0.116. The zero-order valence-corrected chi connectivity index (χ0v) is 9.57. The number of carbonyl (C=O) groups excluding carboxylic acids is 2. The van der Waals surface area contributed by atoms with Crippen LogP contribution in [-0.2, 0) is 4.79 Å². The lowest BCUT2D eigenvalue weighted by Gasteiger charge is -2.15. The molecule has 1 heterocycles. The van der Waals surface area contributed by atoms with Gasteiger partial charge in [0.1, 0.15) is 11.5 Å². The normalized spacial score (nSPS) is 15.4. The molecule has 1 saturated heterocycles. The first-order chi connectivity index (χ1) is 7.99. The predicted molar refractivity (Wildman–Crippen MR) is 60.3 cm³/mol. The molecule has 0 unspecified atom stereocenters. The maximum Gasteiger partial charge on any atom is 0.258 e. The second-order valence-electron chi connectivity index (χ2n) is 3.84. The van der Waals surface area contributed by atoms with Gasteiger partial charge >= 0.3 is 0 Å². The van der Waals surface area contributed by atoms with Crippen LogP contribution in [0.15, 0.2) is 12.1 Å². The molecule has 2 rings (SSSR count). The van der Waals surface area contributed by atoms with Crippen molar-refractivity contribution in [3.8, 4) is 11.5 Å². The van der Waals surface area contributed by atoms with Gasteiger partial charge in [0.2, 0.25) is 0 Å². The SMILES string of the molecule is O=C1CCN(C(=O)c2cc(Cl)c(O)cc2O)C1. The largest absolute Gasteiger partial charge is 0.507 e. The Morgan fingerprint density at radius 2 is 2.00 bits per heavy atom. The monoisotopic (exact) mass is 255 g/mol. The third kappa shape index (κ3) is 2.19. The number of ketones is 1. The van der Waals surface area contributed by atoms with E-state index in [4.69, 9.17) is 11.6 Å². The molecule has 1 aromatic carbocycles. The van der Waals surface area contributed by atoms with E-state index >= 15 is 0 Å². The number of likely N-dealkylation sites (tertiary alicyclic amines) is 1. The van der Waals surface area contributed by atoms with Crippen LogP contribution in [0.1, 0.15) is 16.8 Å². The van der Waals surface area contributed by atoms with E-state index in [2.05, 4.69) is 0 Å². The van der Waals surface area contributed by atoms with E-state index in [-0.39, 0.29) is 34.4 Å². The van der Waals surface area contributed by atoms with Crippen LogP contribution < -0.4 is 0 Å². The molecule has 0 atom stereocenters. The molecule has 0 saturated carbocycles. The Hall–Kier alpha value is -1.75. The molecule has 17 heavy (non-hydrogen) atoms. The number of Topliss-reactive ketones (excluding diaryl/α,β-unsaturated/α-hetero) is 1. The Labute approximate surface area is 102 Å². The van der Waals surface area contributed by atoms with Crippen molar-refractivity contribution in [3.63, 3.8) is 0 Å². The molecule has 1 amide bonds. The number of phenolic OH excluding ortho intramolecular Hbond substituents is 2. The second kappa shape index (κ2) is 4.25. The lowest BCUT2D eigenvalue weighted by atomic mass is 10.1. The van der Waals surface area contributed by atoms with Gasteiger partial charge in [0.25, 0.3) is 5.91 Å². The first-order valence-electron chi connectivity index (χ1n) is 5.01. The molecule has 90 valence electrons. The maximum absolute atomic E-state index is 12.0. The number of hydrogen-bond donors (Lipinski definition) is 2. The summed E-state index contributed by atoms with van der Waals surface area (Å²) >= 11 is 5.67. The first-order valence-corrected chi connectivity index (χ1v) is 5.39. The van der Waals surface area contributed by atoms with Gasteiger partial charge in [0.15, 0.2) is 5.78 Å². The van der Waals surface area contributed by atoms with Crippen molar-refractivity contribution in [1.29, 1.82) is 0 Å². The van der Waals surface area contributed by atoms with Crippen LogP contribution in [0.4, 0.5) is 0 Å². The molecular formula is C11H10ClNO4.